The maximum Gasteiger partial charge on any atom is 0.290 e. The third-order valence-corrected chi connectivity index (χ3v) is 1.60. The average Bonchev–Trinajstić information content (AvgIpc) is 2.65. The monoisotopic (exact) mass is 184 g/mol. The summed E-state index contributed by atoms with van der Waals surface area (Å²) in [5.74, 6) is 0.0631. The van der Waals surface area contributed by atoms with Gasteiger partial charge in [0.2, 0.25) is 5.82 Å². The van der Waals surface area contributed by atoms with Gasteiger partial charge in [-0.3, -0.25) is 9.89 Å². The summed E-state index contributed by atoms with van der Waals surface area (Å²) in [5.41, 5.74) is 0. The van der Waals surface area contributed by atoms with E-state index in [9.17, 15) is 4.79 Å². The van der Waals surface area contributed by atoms with Crippen LogP contribution in [0.15, 0.2) is 6.33 Å². The smallest absolute Gasteiger partial charge is 0.290 e. The number of aromatic amines is 1. The topological polar surface area (TPSA) is 71.1 Å². The lowest BCUT2D eigenvalue weighted by Gasteiger charge is -2.14. The Morgan fingerprint density at radius 1 is 1.77 bits per heavy atom. The van der Waals surface area contributed by atoms with Gasteiger partial charge in [-0.05, 0) is 0 Å². The Morgan fingerprint density at radius 2 is 2.54 bits per heavy atom. The van der Waals surface area contributed by atoms with Crippen LogP contribution in [0, 0.1) is 0 Å². The Kier molecular flexibility index (Phi) is 3.39. The lowest BCUT2D eigenvalue weighted by molar-refractivity contribution is 0.0733. The first-order chi connectivity index (χ1) is 6.25. The van der Waals surface area contributed by atoms with Crippen molar-refractivity contribution in [1.82, 2.24) is 20.1 Å². The summed E-state index contributed by atoms with van der Waals surface area (Å²) >= 11 is 0. The molecule has 1 amide bonds. The summed E-state index contributed by atoms with van der Waals surface area (Å²) in [6, 6.07) is 0. The van der Waals surface area contributed by atoms with Gasteiger partial charge in [0.25, 0.3) is 5.91 Å². The summed E-state index contributed by atoms with van der Waals surface area (Å²) < 4.78 is 4.84. The van der Waals surface area contributed by atoms with Gasteiger partial charge in [0.05, 0.1) is 6.61 Å². The van der Waals surface area contributed by atoms with Crippen molar-refractivity contribution in [3.05, 3.63) is 12.2 Å². The highest BCUT2D eigenvalue weighted by atomic mass is 16.5. The zero-order chi connectivity index (χ0) is 9.68. The van der Waals surface area contributed by atoms with Crippen molar-refractivity contribution < 1.29 is 9.53 Å². The summed E-state index contributed by atoms with van der Waals surface area (Å²) in [6.07, 6.45) is 1.30. The molecule has 0 bridgehead atoms. The van der Waals surface area contributed by atoms with Gasteiger partial charge in [0, 0.05) is 20.7 Å². The number of hydrogen-bond acceptors (Lipinski definition) is 4. The highest BCUT2D eigenvalue weighted by molar-refractivity contribution is 5.90. The van der Waals surface area contributed by atoms with Crippen molar-refractivity contribution in [2.24, 2.45) is 0 Å². The zero-order valence-corrected chi connectivity index (χ0v) is 7.65. The maximum atomic E-state index is 11.4. The van der Waals surface area contributed by atoms with Gasteiger partial charge in [-0.15, -0.1) is 0 Å². The standard InChI is InChI=1S/C7H12N4O2/c1-11(3-4-13-2)7(12)6-8-5-9-10-6/h5H,3-4H2,1-2H3,(H,8,9,10). The van der Waals surface area contributed by atoms with Crippen molar-refractivity contribution in [3.63, 3.8) is 0 Å². The van der Waals surface area contributed by atoms with E-state index in [1.807, 2.05) is 0 Å². The second-order valence-electron chi connectivity index (χ2n) is 2.55. The number of rotatable bonds is 4. The van der Waals surface area contributed by atoms with Crippen LogP contribution < -0.4 is 0 Å². The molecule has 0 saturated heterocycles. The van der Waals surface area contributed by atoms with Gasteiger partial charge in [-0.1, -0.05) is 0 Å². The SMILES string of the molecule is COCCN(C)C(=O)c1ncn[nH]1. The molecule has 0 radical (unpaired) electrons. The van der Waals surface area contributed by atoms with Crippen LogP contribution >= 0.6 is 0 Å². The average molecular weight is 184 g/mol. The zero-order valence-electron chi connectivity index (χ0n) is 7.65. The highest BCUT2D eigenvalue weighted by Crippen LogP contribution is 1.93. The van der Waals surface area contributed by atoms with E-state index in [0.717, 1.165) is 0 Å². The molecule has 1 aromatic rings. The number of carbonyl (C=O) groups excluding carboxylic acids is 1. The van der Waals surface area contributed by atoms with E-state index in [0.29, 0.717) is 13.2 Å². The molecule has 0 aliphatic heterocycles. The molecule has 0 unspecified atom stereocenters. The van der Waals surface area contributed by atoms with Gasteiger partial charge < -0.3 is 9.64 Å². The van der Waals surface area contributed by atoms with E-state index in [1.165, 1.54) is 11.2 Å². The predicted molar refractivity (Wildman–Crippen MR) is 45.2 cm³/mol. The number of H-pyrrole nitrogens is 1. The molecule has 13 heavy (non-hydrogen) atoms. The van der Waals surface area contributed by atoms with E-state index in [2.05, 4.69) is 15.2 Å². The van der Waals surface area contributed by atoms with Crippen LogP contribution in [-0.4, -0.2) is 53.3 Å². The molecule has 1 N–H and O–H groups in total. The molecular weight excluding hydrogens is 172 g/mol. The summed E-state index contributed by atoms with van der Waals surface area (Å²) in [4.78, 5) is 16.7. The third kappa shape index (κ3) is 2.51. The highest BCUT2D eigenvalue weighted by Gasteiger charge is 2.13. The summed E-state index contributed by atoms with van der Waals surface area (Å²) in [6.45, 7) is 1.05. The fourth-order valence-corrected chi connectivity index (χ4v) is 0.819. The number of methoxy groups -OCH3 is 1. The number of hydrogen-bond donors (Lipinski definition) is 1. The predicted octanol–water partition coefficient (Wildman–Crippen LogP) is -0.477. The largest absolute Gasteiger partial charge is 0.383 e. The molecule has 6 heteroatoms. The van der Waals surface area contributed by atoms with Gasteiger partial charge in [-0.2, -0.15) is 5.10 Å². The second kappa shape index (κ2) is 4.56. The molecule has 1 aromatic heterocycles. The number of carbonyl (C=O) groups is 1. The normalized spacial score (nSPS) is 10.0. The molecule has 1 rings (SSSR count). The lowest BCUT2D eigenvalue weighted by atomic mass is 10.5. The molecule has 0 aliphatic rings. The number of nitrogens with one attached hydrogen (secondary N) is 1. The van der Waals surface area contributed by atoms with Crippen LogP contribution in [0.5, 0.6) is 0 Å². The van der Waals surface area contributed by atoms with Crippen molar-refractivity contribution in [3.8, 4) is 0 Å². The Labute approximate surface area is 75.9 Å². The minimum atomic E-state index is -0.186. The van der Waals surface area contributed by atoms with Crippen molar-refractivity contribution in [2.75, 3.05) is 27.3 Å². The van der Waals surface area contributed by atoms with Gasteiger partial charge in [0.1, 0.15) is 6.33 Å². The Bertz CT molecular complexity index is 259. The van der Waals surface area contributed by atoms with Gasteiger partial charge >= 0.3 is 0 Å². The molecular formula is C7H12N4O2. The first-order valence-electron chi connectivity index (χ1n) is 3.85. The minimum Gasteiger partial charge on any atom is -0.383 e. The van der Waals surface area contributed by atoms with Crippen molar-refractivity contribution in [1.29, 1.82) is 0 Å². The molecule has 0 aliphatic carbocycles. The van der Waals surface area contributed by atoms with E-state index in [1.54, 1.807) is 14.2 Å². The lowest BCUT2D eigenvalue weighted by Crippen LogP contribution is -2.30. The van der Waals surface area contributed by atoms with Crippen LogP contribution in [0.1, 0.15) is 10.6 Å². The molecule has 72 valence electrons. The van der Waals surface area contributed by atoms with Crippen LogP contribution in [0.2, 0.25) is 0 Å². The number of aromatic nitrogens is 3. The van der Waals surface area contributed by atoms with E-state index in [-0.39, 0.29) is 11.7 Å². The number of amides is 1. The number of ether oxygens (including phenoxy) is 1. The van der Waals surface area contributed by atoms with E-state index in [4.69, 9.17) is 4.74 Å². The number of nitrogens with zero attached hydrogens (tertiary/aromatic N) is 3. The summed E-state index contributed by atoms with van der Waals surface area (Å²) in [7, 11) is 3.27. The third-order valence-electron chi connectivity index (χ3n) is 1.60. The van der Waals surface area contributed by atoms with Crippen LogP contribution in [0.3, 0.4) is 0 Å². The Balaban J connectivity index is 2.48. The minimum absolute atomic E-state index is 0.186. The maximum absolute atomic E-state index is 11.4. The number of likely N-dealkylation sites (N-methyl/N-ethyl adjacent to an activating group) is 1. The molecule has 0 spiro atoms. The molecule has 1 heterocycles. The molecule has 0 atom stereocenters. The first kappa shape index (κ1) is 9.66. The fraction of sp³-hybridized carbons (Fsp3) is 0.571. The van der Waals surface area contributed by atoms with Crippen LogP contribution in [-0.2, 0) is 4.74 Å². The molecule has 0 aromatic carbocycles. The van der Waals surface area contributed by atoms with E-state index < -0.39 is 0 Å². The second-order valence-corrected chi connectivity index (χ2v) is 2.55. The summed E-state index contributed by atoms with van der Waals surface area (Å²) in [5, 5.41) is 6.09. The van der Waals surface area contributed by atoms with Gasteiger partial charge in [0.15, 0.2) is 0 Å². The van der Waals surface area contributed by atoms with E-state index >= 15 is 0 Å². The van der Waals surface area contributed by atoms with Crippen molar-refractivity contribution >= 4 is 5.91 Å². The molecule has 0 saturated carbocycles. The molecule has 6 nitrogen and oxygen atoms in total. The fourth-order valence-electron chi connectivity index (χ4n) is 0.819. The van der Waals surface area contributed by atoms with Crippen LogP contribution in [0.25, 0.3) is 0 Å². The quantitative estimate of drug-likeness (QED) is 0.686. The Morgan fingerprint density at radius 3 is 3.08 bits per heavy atom. The molecule has 0 fully saturated rings. The van der Waals surface area contributed by atoms with Crippen LogP contribution in [0.4, 0.5) is 0 Å². The Hall–Kier alpha value is -1.43. The first-order valence-corrected chi connectivity index (χ1v) is 3.85. The van der Waals surface area contributed by atoms with Crippen molar-refractivity contribution in [2.45, 2.75) is 0 Å². The van der Waals surface area contributed by atoms with Gasteiger partial charge in [-0.25, -0.2) is 4.98 Å².